The molecule has 3 N–H and O–H groups in total. The number of carbonyl (C=O) groups is 1. The summed E-state index contributed by atoms with van der Waals surface area (Å²) in [7, 11) is 0. The fourth-order valence-corrected chi connectivity index (χ4v) is 2.61. The fourth-order valence-electron chi connectivity index (χ4n) is 1.97. The molecule has 2 rings (SSSR count). The van der Waals surface area contributed by atoms with Gasteiger partial charge in [-0.2, -0.15) is 0 Å². The molecule has 0 radical (unpaired) electrons. The first-order valence-corrected chi connectivity index (χ1v) is 7.51. The van der Waals surface area contributed by atoms with E-state index in [1.807, 2.05) is 36.6 Å². The smallest absolute Gasteiger partial charge is 0.244 e. The zero-order chi connectivity index (χ0) is 14.6. The summed E-state index contributed by atoms with van der Waals surface area (Å²) in [5, 5.41) is 5.77. The van der Waals surface area contributed by atoms with E-state index in [2.05, 4.69) is 10.3 Å². The standard InChI is InChI=1S/C15H19N3OS/c1-3-8-15(2,16)14(19)18-12-6-4-11(5-7-12)13-17-9-10-20-13/h4-7,9-10H,3,8,16H2,1-2H3,(H,18,19). The van der Waals surface area contributed by atoms with Crippen LogP contribution in [0, 0.1) is 0 Å². The quantitative estimate of drug-likeness (QED) is 0.887. The number of aromatic nitrogens is 1. The van der Waals surface area contributed by atoms with E-state index in [0.29, 0.717) is 6.42 Å². The number of hydrogen-bond donors (Lipinski definition) is 2. The first-order chi connectivity index (χ1) is 9.53. The van der Waals surface area contributed by atoms with E-state index in [1.165, 1.54) is 0 Å². The largest absolute Gasteiger partial charge is 0.325 e. The minimum absolute atomic E-state index is 0.152. The maximum absolute atomic E-state index is 12.1. The molecule has 0 aliphatic rings. The molecule has 0 fully saturated rings. The molecule has 1 unspecified atom stereocenters. The van der Waals surface area contributed by atoms with Gasteiger partial charge in [-0.1, -0.05) is 13.3 Å². The Morgan fingerprint density at radius 1 is 1.40 bits per heavy atom. The van der Waals surface area contributed by atoms with Gasteiger partial charge in [0.1, 0.15) is 5.01 Å². The summed E-state index contributed by atoms with van der Waals surface area (Å²) in [5.41, 5.74) is 6.97. The lowest BCUT2D eigenvalue weighted by atomic mass is 9.96. The van der Waals surface area contributed by atoms with Crippen molar-refractivity contribution < 1.29 is 4.79 Å². The van der Waals surface area contributed by atoms with Crippen molar-refractivity contribution in [3.8, 4) is 10.6 Å². The summed E-state index contributed by atoms with van der Waals surface area (Å²) < 4.78 is 0. The SMILES string of the molecule is CCCC(C)(N)C(=O)Nc1ccc(-c2nccs2)cc1. The number of amides is 1. The van der Waals surface area contributed by atoms with Gasteiger partial charge in [0.05, 0.1) is 5.54 Å². The van der Waals surface area contributed by atoms with Gasteiger partial charge in [0.25, 0.3) is 0 Å². The highest BCUT2D eigenvalue weighted by Crippen LogP contribution is 2.23. The Morgan fingerprint density at radius 2 is 2.10 bits per heavy atom. The number of nitrogens with zero attached hydrogens (tertiary/aromatic N) is 1. The molecular formula is C15H19N3OS. The third kappa shape index (κ3) is 3.43. The predicted octanol–water partition coefficient (Wildman–Crippen LogP) is 3.27. The van der Waals surface area contributed by atoms with Gasteiger partial charge in [0, 0.05) is 22.8 Å². The van der Waals surface area contributed by atoms with Crippen LogP contribution in [0.4, 0.5) is 5.69 Å². The number of anilines is 1. The highest BCUT2D eigenvalue weighted by Gasteiger charge is 2.27. The fraction of sp³-hybridized carbons (Fsp3) is 0.333. The summed E-state index contributed by atoms with van der Waals surface area (Å²) in [6.07, 6.45) is 3.32. The van der Waals surface area contributed by atoms with Crippen LogP contribution >= 0.6 is 11.3 Å². The van der Waals surface area contributed by atoms with Gasteiger partial charge in [0.2, 0.25) is 5.91 Å². The van der Waals surface area contributed by atoms with Crippen molar-refractivity contribution in [2.75, 3.05) is 5.32 Å². The molecule has 106 valence electrons. The van der Waals surface area contributed by atoms with Crippen molar-refractivity contribution in [2.45, 2.75) is 32.2 Å². The van der Waals surface area contributed by atoms with Gasteiger partial charge in [-0.15, -0.1) is 11.3 Å². The minimum atomic E-state index is -0.831. The second-order valence-corrected chi connectivity index (χ2v) is 5.93. The van der Waals surface area contributed by atoms with Crippen LogP contribution in [0.3, 0.4) is 0 Å². The van der Waals surface area contributed by atoms with E-state index < -0.39 is 5.54 Å². The zero-order valence-corrected chi connectivity index (χ0v) is 12.5. The number of hydrogen-bond acceptors (Lipinski definition) is 4. The molecule has 0 spiro atoms. The van der Waals surface area contributed by atoms with E-state index >= 15 is 0 Å². The number of rotatable bonds is 5. The van der Waals surface area contributed by atoms with Gasteiger partial charge >= 0.3 is 0 Å². The van der Waals surface area contributed by atoms with Crippen LogP contribution in [0.15, 0.2) is 35.8 Å². The van der Waals surface area contributed by atoms with Crippen LogP contribution in [0.25, 0.3) is 10.6 Å². The lowest BCUT2D eigenvalue weighted by Gasteiger charge is -2.22. The summed E-state index contributed by atoms with van der Waals surface area (Å²) in [6.45, 7) is 3.77. The molecule has 1 heterocycles. The number of nitrogens with one attached hydrogen (secondary N) is 1. The van der Waals surface area contributed by atoms with Crippen molar-refractivity contribution in [2.24, 2.45) is 5.73 Å². The molecule has 0 aliphatic carbocycles. The van der Waals surface area contributed by atoms with Gasteiger partial charge in [-0.3, -0.25) is 4.79 Å². The molecule has 0 saturated heterocycles. The van der Waals surface area contributed by atoms with E-state index in [1.54, 1.807) is 24.5 Å². The van der Waals surface area contributed by atoms with Gasteiger partial charge in [-0.25, -0.2) is 4.98 Å². The Hall–Kier alpha value is -1.72. The van der Waals surface area contributed by atoms with E-state index in [4.69, 9.17) is 5.73 Å². The third-order valence-corrected chi connectivity index (χ3v) is 3.93. The lowest BCUT2D eigenvalue weighted by Crippen LogP contribution is -2.48. The predicted molar refractivity (Wildman–Crippen MR) is 83.7 cm³/mol. The molecule has 5 heteroatoms. The second kappa shape index (κ2) is 6.15. The Balaban J connectivity index is 2.06. The number of benzene rings is 1. The Kier molecular flexibility index (Phi) is 4.52. The molecule has 0 aliphatic heterocycles. The van der Waals surface area contributed by atoms with E-state index in [0.717, 1.165) is 22.7 Å². The van der Waals surface area contributed by atoms with Crippen molar-refractivity contribution in [1.82, 2.24) is 4.98 Å². The van der Waals surface area contributed by atoms with Crippen molar-refractivity contribution in [3.63, 3.8) is 0 Å². The number of carbonyl (C=O) groups excluding carboxylic acids is 1. The van der Waals surface area contributed by atoms with Crippen molar-refractivity contribution >= 4 is 22.9 Å². The first kappa shape index (κ1) is 14.7. The van der Waals surface area contributed by atoms with Crippen molar-refractivity contribution in [3.05, 3.63) is 35.8 Å². The Morgan fingerprint density at radius 3 is 2.65 bits per heavy atom. The number of thiazole rings is 1. The normalized spacial score (nSPS) is 13.8. The molecule has 1 atom stereocenters. The summed E-state index contributed by atoms with van der Waals surface area (Å²) in [6, 6.07) is 7.64. The van der Waals surface area contributed by atoms with Crippen LogP contribution < -0.4 is 11.1 Å². The Labute approximate surface area is 123 Å². The van der Waals surface area contributed by atoms with E-state index in [9.17, 15) is 4.79 Å². The first-order valence-electron chi connectivity index (χ1n) is 6.63. The number of nitrogens with two attached hydrogens (primary N) is 1. The average Bonchev–Trinajstić information content (AvgIpc) is 2.93. The molecule has 0 saturated carbocycles. The van der Waals surface area contributed by atoms with Gasteiger partial charge in [0.15, 0.2) is 0 Å². The molecule has 1 amide bonds. The summed E-state index contributed by atoms with van der Waals surface area (Å²) >= 11 is 1.59. The molecular weight excluding hydrogens is 270 g/mol. The third-order valence-electron chi connectivity index (χ3n) is 3.11. The highest BCUT2D eigenvalue weighted by atomic mass is 32.1. The van der Waals surface area contributed by atoms with Crippen LogP contribution in [0.2, 0.25) is 0 Å². The van der Waals surface area contributed by atoms with Crippen LogP contribution in [0.5, 0.6) is 0 Å². The average molecular weight is 289 g/mol. The molecule has 0 bridgehead atoms. The molecule has 2 aromatic rings. The van der Waals surface area contributed by atoms with Crippen LogP contribution in [-0.2, 0) is 4.79 Å². The molecule has 1 aromatic heterocycles. The van der Waals surface area contributed by atoms with Crippen LogP contribution in [-0.4, -0.2) is 16.4 Å². The topological polar surface area (TPSA) is 68.0 Å². The van der Waals surface area contributed by atoms with Gasteiger partial charge < -0.3 is 11.1 Å². The van der Waals surface area contributed by atoms with Crippen molar-refractivity contribution in [1.29, 1.82) is 0 Å². The van der Waals surface area contributed by atoms with Crippen LogP contribution in [0.1, 0.15) is 26.7 Å². The van der Waals surface area contributed by atoms with E-state index in [-0.39, 0.29) is 5.91 Å². The second-order valence-electron chi connectivity index (χ2n) is 5.04. The zero-order valence-electron chi connectivity index (χ0n) is 11.7. The lowest BCUT2D eigenvalue weighted by molar-refractivity contribution is -0.120. The maximum atomic E-state index is 12.1. The van der Waals surface area contributed by atoms with Gasteiger partial charge in [-0.05, 0) is 37.6 Å². The molecule has 20 heavy (non-hydrogen) atoms. The summed E-state index contributed by atoms with van der Waals surface area (Å²) in [5.74, 6) is -0.152. The summed E-state index contributed by atoms with van der Waals surface area (Å²) in [4.78, 5) is 16.3. The molecule has 4 nitrogen and oxygen atoms in total. The monoisotopic (exact) mass is 289 g/mol. The highest BCUT2D eigenvalue weighted by molar-refractivity contribution is 7.13. The minimum Gasteiger partial charge on any atom is -0.325 e. The molecule has 1 aromatic carbocycles. The maximum Gasteiger partial charge on any atom is 0.244 e. The Bertz CT molecular complexity index is 561.